The molecule has 0 saturated carbocycles. The Morgan fingerprint density at radius 1 is 1.12 bits per heavy atom. The van der Waals surface area contributed by atoms with Crippen molar-refractivity contribution in [2.45, 2.75) is 12.5 Å². The number of likely N-dealkylation sites (N-methyl/N-ethyl adjacent to an activating group) is 1. The fraction of sp³-hybridized carbons (Fsp3) is 0.333. The number of amides is 1. The molecule has 6 heteroatoms. The van der Waals surface area contributed by atoms with E-state index in [1.54, 1.807) is 0 Å². The molecule has 0 saturated heterocycles. The van der Waals surface area contributed by atoms with Crippen molar-refractivity contribution in [2.75, 3.05) is 32.5 Å². The predicted molar refractivity (Wildman–Crippen MR) is 95.2 cm³/mol. The number of benzene rings is 2. The van der Waals surface area contributed by atoms with Gasteiger partial charge in [0.2, 0.25) is 5.91 Å². The third-order valence-corrected chi connectivity index (χ3v) is 3.67. The maximum absolute atomic E-state index is 12.1. The first-order valence-corrected chi connectivity index (χ1v) is 7.85. The van der Waals surface area contributed by atoms with Crippen LogP contribution >= 0.6 is 0 Å². The molecule has 0 bridgehead atoms. The number of rotatable bonds is 8. The Hall–Kier alpha value is -2.44. The minimum absolute atomic E-state index is 0.115. The van der Waals surface area contributed by atoms with Crippen LogP contribution in [-0.4, -0.2) is 55.1 Å². The molecule has 128 valence electrons. The topological polar surface area (TPSA) is 81.7 Å². The molecule has 24 heavy (non-hydrogen) atoms. The lowest BCUT2D eigenvalue weighted by molar-refractivity contribution is -0.141. The van der Waals surface area contributed by atoms with Crippen LogP contribution in [0.25, 0.3) is 10.8 Å². The van der Waals surface area contributed by atoms with Gasteiger partial charge < -0.3 is 20.6 Å². The molecule has 0 radical (unpaired) electrons. The van der Waals surface area contributed by atoms with Crippen molar-refractivity contribution >= 4 is 28.3 Å². The van der Waals surface area contributed by atoms with E-state index < -0.39 is 12.0 Å². The Morgan fingerprint density at radius 2 is 1.83 bits per heavy atom. The molecule has 0 aliphatic rings. The number of carboxylic acid groups (broad SMARTS) is 1. The van der Waals surface area contributed by atoms with Crippen molar-refractivity contribution in [1.29, 1.82) is 0 Å². The number of fused-ring (bicyclic) bond motifs is 1. The molecule has 0 heterocycles. The van der Waals surface area contributed by atoms with Crippen LogP contribution in [0, 0.1) is 0 Å². The molecule has 1 atom stereocenters. The van der Waals surface area contributed by atoms with Crippen molar-refractivity contribution in [3.05, 3.63) is 42.5 Å². The minimum Gasteiger partial charge on any atom is -0.480 e. The van der Waals surface area contributed by atoms with Crippen molar-refractivity contribution in [2.24, 2.45) is 0 Å². The fourth-order valence-corrected chi connectivity index (χ4v) is 2.37. The molecule has 2 aromatic rings. The van der Waals surface area contributed by atoms with E-state index in [-0.39, 0.29) is 12.3 Å². The molecule has 6 nitrogen and oxygen atoms in total. The Labute approximate surface area is 141 Å². The molecule has 3 N–H and O–H groups in total. The van der Waals surface area contributed by atoms with Gasteiger partial charge in [-0.05, 0) is 37.0 Å². The highest BCUT2D eigenvalue weighted by molar-refractivity contribution is 5.96. The Kier molecular flexibility index (Phi) is 6.28. The van der Waals surface area contributed by atoms with Gasteiger partial charge in [0.05, 0.1) is 6.42 Å². The molecule has 0 unspecified atom stereocenters. The summed E-state index contributed by atoms with van der Waals surface area (Å²) in [5.74, 6) is -1.35. The number of hydrogen-bond donors (Lipinski definition) is 3. The Morgan fingerprint density at radius 3 is 2.50 bits per heavy atom. The van der Waals surface area contributed by atoms with Crippen LogP contribution in [0.15, 0.2) is 42.5 Å². The van der Waals surface area contributed by atoms with E-state index in [4.69, 9.17) is 0 Å². The number of anilines is 1. The zero-order chi connectivity index (χ0) is 17.5. The molecule has 2 rings (SSSR count). The molecule has 2 aromatic carbocycles. The molecule has 0 aliphatic carbocycles. The lowest BCUT2D eigenvalue weighted by Crippen LogP contribution is -2.42. The molecule has 0 spiro atoms. The molecule has 0 aliphatic heterocycles. The highest BCUT2D eigenvalue weighted by Gasteiger charge is 2.20. The quantitative estimate of drug-likeness (QED) is 0.688. The fourth-order valence-electron chi connectivity index (χ4n) is 2.37. The van der Waals surface area contributed by atoms with Crippen LogP contribution in [0.4, 0.5) is 5.69 Å². The monoisotopic (exact) mass is 329 g/mol. The number of carbonyl (C=O) groups is 2. The Balaban J connectivity index is 1.95. The standard InChI is InChI=1S/C18H23N3O3/c1-21(2)10-9-19-16(18(23)24)12-17(22)20-15-8-7-13-5-3-4-6-14(13)11-15/h3-8,11,16,19H,9-10,12H2,1-2H3,(H,20,22)(H,23,24)/t16-/m0/s1. The van der Waals surface area contributed by atoms with Crippen LogP contribution < -0.4 is 10.6 Å². The Bertz CT molecular complexity index is 715. The van der Waals surface area contributed by atoms with Crippen molar-refractivity contribution in [1.82, 2.24) is 10.2 Å². The maximum Gasteiger partial charge on any atom is 0.321 e. The summed E-state index contributed by atoms with van der Waals surface area (Å²) in [4.78, 5) is 25.4. The summed E-state index contributed by atoms with van der Waals surface area (Å²) in [7, 11) is 3.81. The van der Waals surface area contributed by atoms with Crippen molar-refractivity contribution in [3.63, 3.8) is 0 Å². The maximum atomic E-state index is 12.1. The smallest absolute Gasteiger partial charge is 0.321 e. The summed E-state index contributed by atoms with van der Waals surface area (Å²) >= 11 is 0. The molecule has 0 aromatic heterocycles. The number of nitrogens with one attached hydrogen (secondary N) is 2. The largest absolute Gasteiger partial charge is 0.480 e. The third kappa shape index (κ3) is 5.33. The van der Waals surface area contributed by atoms with E-state index in [0.717, 1.165) is 10.8 Å². The number of nitrogens with zero attached hydrogens (tertiary/aromatic N) is 1. The van der Waals surface area contributed by atoms with Gasteiger partial charge in [0.25, 0.3) is 0 Å². The highest BCUT2D eigenvalue weighted by Crippen LogP contribution is 2.19. The van der Waals surface area contributed by atoms with Gasteiger partial charge in [0.1, 0.15) is 6.04 Å². The van der Waals surface area contributed by atoms with Gasteiger partial charge in [0.15, 0.2) is 0 Å². The van der Waals surface area contributed by atoms with Gasteiger partial charge in [-0.3, -0.25) is 9.59 Å². The van der Waals surface area contributed by atoms with Crippen LogP contribution in [-0.2, 0) is 9.59 Å². The van der Waals surface area contributed by atoms with Gasteiger partial charge in [-0.15, -0.1) is 0 Å². The normalized spacial score (nSPS) is 12.3. The number of carboxylic acids is 1. The van der Waals surface area contributed by atoms with Crippen LogP contribution in [0.3, 0.4) is 0 Å². The van der Waals surface area contributed by atoms with E-state index >= 15 is 0 Å². The lowest BCUT2D eigenvalue weighted by Gasteiger charge is -2.16. The summed E-state index contributed by atoms with van der Waals surface area (Å²) in [6.07, 6.45) is -0.115. The third-order valence-electron chi connectivity index (χ3n) is 3.67. The van der Waals surface area contributed by atoms with E-state index in [9.17, 15) is 14.7 Å². The zero-order valence-corrected chi connectivity index (χ0v) is 14.0. The average Bonchev–Trinajstić information content (AvgIpc) is 2.53. The van der Waals surface area contributed by atoms with E-state index in [0.29, 0.717) is 18.8 Å². The van der Waals surface area contributed by atoms with Crippen LogP contribution in [0.2, 0.25) is 0 Å². The van der Waals surface area contributed by atoms with Crippen LogP contribution in [0.1, 0.15) is 6.42 Å². The van der Waals surface area contributed by atoms with Gasteiger partial charge >= 0.3 is 5.97 Å². The van der Waals surface area contributed by atoms with Gasteiger partial charge in [-0.25, -0.2) is 0 Å². The predicted octanol–water partition coefficient (Wildman–Crippen LogP) is 1.77. The second-order valence-electron chi connectivity index (χ2n) is 5.96. The highest BCUT2D eigenvalue weighted by atomic mass is 16.4. The van der Waals surface area contributed by atoms with E-state index in [1.165, 1.54) is 0 Å². The number of hydrogen-bond acceptors (Lipinski definition) is 4. The summed E-state index contributed by atoms with van der Waals surface area (Å²) in [6.45, 7) is 1.21. The van der Waals surface area contributed by atoms with Gasteiger partial charge in [-0.1, -0.05) is 30.3 Å². The average molecular weight is 329 g/mol. The first kappa shape index (κ1) is 17.9. The van der Waals surface area contributed by atoms with Gasteiger partial charge in [0, 0.05) is 18.8 Å². The molecule has 0 fully saturated rings. The SMILES string of the molecule is CN(C)CCN[C@@H](CC(=O)Nc1ccc2ccccc2c1)C(=O)O. The zero-order valence-electron chi connectivity index (χ0n) is 14.0. The van der Waals surface area contributed by atoms with Crippen molar-refractivity contribution < 1.29 is 14.7 Å². The second kappa shape index (κ2) is 8.42. The summed E-state index contributed by atoms with van der Waals surface area (Å²) in [5.41, 5.74) is 0.663. The first-order chi connectivity index (χ1) is 11.5. The summed E-state index contributed by atoms with van der Waals surface area (Å²) in [5, 5.41) is 17.0. The van der Waals surface area contributed by atoms with Gasteiger partial charge in [-0.2, -0.15) is 0 Å². The lowest BCUT2D eigenvalue weighted by atomic mass is 10.1. The summed E-state index contributed by atoms with van der Waals surface area (Å²) < 4.78 is 0. The minimum atomic E-state index is -1.03. The van der Waals surface area contributed by atoms with Crippen molar-refractivity contribution in [3.8, 4) is 0 Å². The van der Waals surface area contributed by atoms with E-state index in [2.05, 4.69) is 10.6 Å². The molecule has 1 amide bonds. The number of carbonyl (C=O) groups excluding carboxylic acids is 1. The number of aliphatic carboxylic acids is 1. The summed E-state index contributed by atoms with van der Waals surface area (Å²) in [6, 6.07) is 12.6. The van der Waals surface area contributed by atoms with E-state index in [1.807, 2.05) is 61.5 Å². The molecular formula is C18H23N3O3. The second-order valence-corrected chi connectivity index (χ2v) is 5.96. The van der Waals surface area contributed by atoms with Crippen LogP contribution in [0.5, 0.6) is 0 Å². The molecular weight excluding hydrogens is 306 g/mol. The first-order valence-electron chi connectivity index (χ1n) is 7.85.